The lowest BCUT2D eigenvalue weighted by molar-refractivity contribution is -0.130. The molecule has 1 amide bonds. The molecule has 0 aliphatic carbocycles. The smallest absolute Gasteiger partial charge is 0.219 e. The molecule has 0 radical (unpaired) electrons. The number of benzene rings is 1. The number of carbonyl (C=O) groups is 1. The van der Waals surface area contributed by atoms with Gasteiger partial charge in [-0.2, -0.15) is 0 Å². The largest absolute Gasteiger partial charge is 0.492 e. The van der Waals surface area contributed by atoms with Crippen LogP contribution >= 0.6 is 12.2 Å². The second-order valence-electron chi connectivity index (χ2n) is 6.64. The predicted molar refractivity (Wildman–Crippen MR) is 111 cm³/mol. The van der Waals surface area contributed by atoms with Crippen molar-refractivity contribution in [1.82, 2.24) is 9.80 Å². The molecule has 0 unspecified atom stereocenters. The number of thiocarbonyl (C=S) groups is 1. The Labute approximate surface area is 162 Å². The van der Waals surface area contributed by atoms with Crippen molar-refractivity contribution in [3.05, 3.63) is 24.3 Å². The quantitative estimate of drug-likeness (QED) is 0.730. The SMILES string of the molecule is CCCCN(C(=S)Nc1ccccc1OCC)C1CCN(C(C)=O)CC1. The zero-order valence-electron chi connectivity index (χ0n) is 16.2. The van der Waals surface area contributed by atoms with E-state index in [1.807, 2.05) is 36.1 Å². The Morgan fingerprint density at radius 2 is 2.00 bits per heavy atom. The van der Waals surface area contributed by atoms with Crippen molar-refractivity contribution in [3.8, 4) is 5.75 Å². The molecule has 1 fully saturated rings. The molecule has 1 aliphatic heterocycles. The molecule has 1 N–H and O–H groups in total. The van der Waals surface area contributed by atoms with E-state index < -0.39 is 0 Å². The van der Waals surface area contributed by atoms with Gasteiger partial charge in [0.05, 0.1) is 12.3 Å². The number of likely N-dealkylation sites (tertiary alicyclic amines) is 1. The Morgan fingerprint density at radius 3 is 2.62 bits per heavy atom. The van der Waals surface area contributed by atoms with Crippen LogP contribution in [-0.4, -0.2) is 53.1 Å². The maximum atomic E-state index is 11.6. The van der Waals surface area contributed by atoms with E-state index in [4.69, 9.17) is 17.0 Å². The fourth-order valence-corrected chi connectivity index (χ4v) is 3.66. The first-order valence-electron chi connectivity index (χ1n) is 9.61. The van der Waals surface area contributed by atoms with Gasteiger partial charge in [-0.1, -0.05) is 25.5 Å². The van der Waals surface area contributed by atoms with Gasteiger partial charge in [-0.3, -0.25) is 4.79 Å². The van der Waals surface area contributed by atoms with Gasteiger partial charge in [-0.25, -0.2) is 0 Å². The summed E-state index contributed by atoms with van der Waals surface area (Å²) in [4.78, 5) is 15.8. The number of unbranched alkanes of at least 4 members (excludes halogenated alkanes) is 1. The lowest BCUT2D eigenvalue weighted by atomic mass is 10.0. The highest BCUT2D eigenvalue weighted by Crippen LogP contribution is 2.25. The number of nitrogens with one attached hydrogen (secondary N) is 1. The first-order valence-corrected chi connectivity index (χ1v) is 10.0. The van der Waals surface area contributed by atoms with Crippen molar-refractivity contribution in [2.24, 2.45) is 0 Å². The number of ether oxygens (including phenoxy) is 1. The average molecular weight is 378 g/mol. The van der Waals surface area contributed by atoms with Crippen LogP contribution in [0, 0.1) is 0 Å². The Kier molecular flexibility index (Phi) is 8.16. The minimum atomic E-state index is 0.162. The lowest BCUT2D eigenvalue weighted by Gasteiger charge is -2.39. The zero-order valence-corrected chi connectivity index (χ0v) is 17.0. The Balaban J connectivity index is 2.06. The summed E-state index contributed by atoms with van der Waals surface area (Å²) in [5.41, 5.74) is 0.905. The number of hydrogen-bond donors (Lipinski definition) is 1. The summed E-state index contributed by atoms with van der Waals surface area (Å²) in [7, 11) is 0. The molecule has 1 saturated heterocycles. The molecule has 0 aromatic heterocycles. The first-order chi connectivity index (χ1) is 12.6. The number of rotatable bonds is 7. The number of amides is 1. The number of nitrogens with zero attached hydrogens (tertiary/aromatic N) is 2. The molecule has 6 heteroatoms. The van der Waals surface area contributed by atoms with Gasteiger partial charge in [-0.05, 0) is 50.5 Å². The van der Waals surface area contributed by atoms with Crippen LogP contribution < -0.4 is 10.1 Å². The maximum Gasteiger partial charge on any atom is 0.219 e. The monoisotopic (exact) mass is 377 g/mol. The molecule has 0 saturated carbocycles. The molecule has 0 spiro atoms. The van der Waals surface area contributed by atoms with Gasteiger partial charge in [0.15, 0.2) is 5.11 Å². The van der Waals surface area contributed by atoms with E-state index in [9.17, 15) is 4.79 Å². The van der Waals surface area contributed by atoms with E-state index >= 15 is 0 Å². The summed E-state index contributed by atoms with van der Waals surface area (Å²) in [6.07, 6.45) is 4.14. The van der Waals surface area contributed by atoms with Crippen molar-refractivity contribution in [3.63, 3.8) is 0 Å². The van der Waals surface area contributed by atoms with Gasteiger partial charge in [0.1, 0.15) is 5.75 Å². The summed E-state index contributed by atoms with van der Waals surface area (Å²) < 4.78 is 5.70. The zero-order chi connectivity index (χ0) is 18.9. The van der Waals surface area contributed by atoms with Crippen molar-refractivity contribution in [1.29, 1.82) is 0 Å². The maximum absolute atomic E-state index is 11.6. The van der Waals surface area contributed by atoms with E-state index in [0.29, 0.717) is 12.6 Å². The van der Waals surface area contributed by atoms with Crippen LogP contribution in [0.25, 0.3) is 0 Å². The highest BCUT2D eigenvalue weighted by atomic mass is 32.1. The fourth-order valence-electron chi connectivity index (χ4n) is 3.31. The Morgan fingerprint density at radius 1 is 1.31 bits per heavy atom. The van der Waals surface area contributed by atoms with Crippen molar-refractivity contribution < 1.29 is 9.53 Å². The molecule has 1 aromatic rings. The van der Waals surface area contributed by atoms with Crippen LogP contribution in [-0.2, 0) is 4.79 Å². The van der Waals surface area contributed by atoms with Crippen LogP contribution in [0.4, 0.5) is 5.69 Å². The number of anilines is 1. The van der Waals surface area contributed by atoms with Crippen LogP contribution in [0.2, 0.25) is 0 Å². The topological polar surface area (TPSA) is 44.8 Å². The molecule has 0 bridgehead atoms. The Hall–Kier alpha value is -1.82. The van der Waals surface area contributed by atoms with Crippen molar-refractivity contribution in [2.75, 3.05) is 31.6 Å². The highest BCUT2D eigenvalue weighted by Gasteiger charge is 2.27. The van der Waals surface area contributed by atoms with E-state index in [1.165, 1.54) is 0 Å². The van der Waals surface area contributed by atoms with Gasteiger partial charge in [-0.15, -0.1) is 0 Å². The lowest BCUT2D eigenvalue weighted by Crippen LogP contribution is -2.49. The second-order valence-corrected chi connectivity index (χ2v) is 7.03. The third kappa shape index (κ3) is 5.59. The summed E-state index contributed by atoms with van der Waals surface area (Å²) in [5, 5.41) is 4.13. The minimum Gasteiger partial charge on any atom is -0.492 e. The second kappa shape index (κ2) is 10.4. The fraction of sp³-hybridized carbons (Fsp3) is 0.600. The van der Waals surface area contributed by atoms with E-state index in [-0.39, 0.29) is 5.91 Å². The Bertz CT molecular complexity index is 600. The average Bonchev–Trinajstić information content (AvgIpc) is 2.64. The predicted octanol–water partition coefficient (Wildman–Crippen LogP) is 3.90. The first kappa shape index (κ1) is 20.5. The molecule has 0 atom stereocenters. The normalized spacial score (nSPS) is 14.8. The van der Waals surface area contributed by atoms with Gasteiger partial charge >= 0.3 is 0 Å². The molecule has 1 aromatic carbocycles. The molecule has 5 nitrogen and oxygen atoms in total. The van der Waals surface area contributed by atoms with Crippen molar-refractivity contribution >= 4 is 28.9 Å². The van der Waals surface area contributed by atoms with Gasteiger partial charge in [0, 0.05) is 32.6 Å². The number of carbonyl (C=O) groups excluding carboxylic acids is 1. The third-order valence-corrected chi connectivity index (χ3v) is 5.13. The molecular weight excluding hydrogens is 346 g/mol. The minimum absolute atomic E-state index is 0.162. The number of hydrogen-bond acceptors (Lipinski definition) is 3. The summed E-state index contributed by atoms with van der Waals surface area (Å²) >= 11 is 5.76. The molecule has 144 valence electrons. The number of piperidine rings is 1. The van der Waals surface area contributed by atoms with Crippen LogP contribution in [0.15, 0.2) is 24.3 Å². The standard InChI is InChI=1S/C20H31N3O2S/c1-4-6-13-23(17-11-14-22(15-12-17)16(3)24)20(26)21-18-9-7-8-10-19(18)25-5-2/h7-10,17H,4-6,11-15H2,1-3H3,(H,21,26). The van der Waals surface area contributed by atoms with E-state index in [1.54, 1.807) is 6.92 Å². The molecule has 2 rings (SSSR count). The van der Waals surface area contributed by atoms with Crippen LogP contribution in [0.1, 0.15) is 46.5 Å². The molecule has 1 aliphatic rings. The summed E-state index contributed by atoms with van der Waals surface area (Å²) in [6, 6.07) is 8.27. The van der Waals surface area contributed by atoms with Crippen LogP contribution in [0.5, 0.6) is 5.75 Å². The molecule has 26 heavy (non-hydrogen) atoms. The van der Waals surface area contributed by atoms with Crippen molar-refractivity contribution in [2.45, 2.75) is 52.5 Å². The van der Waals surface area contributed by atoms with Gasteiger partial charge in [0.25, 0.3) is 0 Å². The molecule has 1 heterocycles. The summed E-state index contributed by atoms with van der Waals surface area (Å²) in [6.45, 7) is 8.98. The molecular formula is C20H31N3O2S. The third-order valence-electron chi connectivity index (χ3n) is 4.79. The number of para-hydroxylation sites is 2. The van der Waals surface area contributed by atoms with Crippen LogP contribution in [0.3, 0.4) is 0 Å². The highest BCUT2D eigenvalue weighted by molar-refractivity contribution is 7.80. The van der Waals surface area contributed by atoms with Gasteiger partial charge < -0.3 is 19.9 Å². The van der Waals surface area contributed by atoms with E-state index in [0.717, 1.165) is 61.9 Å². The van der Waals surface area contributed by atoms with Gasteiger partial charge in [0.2, 0.25) is 5.91 Å². The van der Waals surface area contributed by atoms with E-state index in [2.05, 4.69) is 17.1 Å². The summed E-state index contributed by atoms with van der Waals surface area (Å²) in [5.74, 6) is 0.981.